The van der Waals surface area contributed by atoms with Crippen LogP contribution in [0.25, 0.3) is 5.70 Å². The normalized spacial score (nSPS) is 14.9. The van der Waals surface area contributed by atoms with Gasteiger partial charge in [0.05, 0.1) is 10.6 Å². The van der Waals surface area contributed by atoms with E-state index in [1.165, 1.54) is 18.4 Å². The van der Waals surface area contributed by atoms with E-state index in [9.17, 15) is 8.42 Å². The lowest BCUT2D eigenvalue weighted by atomic mass is 10.1. The Morgan fingerprint density at radius 2 is 1.76 bits per heavy atom. The van der Waals surface area contributed by atoms with E-state index < -0.39 is 10.0 Å². The summed E-state index contributed by atoms with van der Waals surface area (Å²) in [4.78, 5) is 0.290. The molecule has 0 aromatic heterocycles. The Balaban J connectivity index is 2.31. The Hall–Kier alpha value is -1.59. The Morgan fingerprint density at radius 1 is 1.12 bits per heavy atom. The van der Waals surface area contributed by atoms with E-state index in [1.54, 1.807) is 30.5 Å². The van der Waals surface area contributed by atoms with Crippen LogP contribution in [0.4, 0.5) is 0 Å². The molecule has 0 atom stereocenters. The van der Waals surface area contributed by atoms with Gasteiger partial charge in [-0.15, -0.1) is 0 Å². The fourth-order valence-corrected chi connectivity index (χ4v) is 2.38. The van der Waals surface area contributed by atoms with Crippen LogP contribution in [0.5, 0.6) is 0 Å². The summed E-state index contributed by atoms with van der Waals surface area (Å²) in [6.45, 7) is 0. The van der Waals surface area contributed by atoms with E-state index >= 15 is 0 Å². The van der Waals surface area contributed by atoms with Crippen LogP contribution >= 0.6 is 0 Å². The van der Waals surface area contributed by atoms with Crippen molar-refractivity contribution in [2.75, 3.05) is 14.1 Å². The van der Waals surface area contributed by atoms with Crippen LogP contribution in [0.15, 0.2) is 47.5 Å². The summed E-state index contributed by atoms with van der Waals surface area (Å²) in [5, 5.41) is 4.15. The van der Waals surface area contributed by atoms with Crippen molar-refractivity contribution in [1.82, 2.24) is 9.62 Å². The second-order valence-electron chi connectivity index (χ2n) is 3.83. The zero-order valence-corrected chi connectivity index (χ0v) is 10.5. The van der Waals surface area contributed by atoms with Crippen molar-refractivity contribution in [3.8, 4) is 0 Å². The van der Waals surface area contributed by atoms with Crippen LogP contribution in [0, 0.1) is 0 Å². The molecule has 1 heterocycles. The zero-order valence-electron chi connectivity index (χ0n) is 9.66. The smallest absolute Gasteiger partial charge is 0.242 e. The fraction of sp³-hybridized carbons (Fsp3) is 0.167. The molecule has 17 heavy (non-hydrogen) atoms. The Morgan fingerprint density at radius 3 is 2.24 bits per heavy atom. The van der Waals surface area contributed by atoms with E-state index in [0.717, 1.165) is 11.3 Å². The molecule has 1 aromatic rings. The third-order valence-electron chi connectivity index (χ3n) is 2.48. The average Bonchev–Trinajstić information content (AvgIpc) is 2.82. The van der Waals surface area contributed by atoms with Gasteiger partial charge in [0.2, 0.25) is 10.0 Å². The molecule has 0 spiro atoms. The fourth-order valence-electron chi connectivity index (χ4n) is 1.48. The minimum atomic E-state index is -3.35. The molecule has 0 N–H and O–H groups in total. The van der Waals surface area contributed by atoms with Crippen LogP contribution < -0.4 is 5.32 Å². The van der Waals surface area contributed by atoms with Gasteiger partial charge in [0, 0.05) is 25.9 Å². The average molecular weight is 249 g/mol. The summed E-state index contributed by atoms with van der Waals surface area (Å²) in [5.41, 5.74) is 1.76. The Kier molecular flexibility index (Phi) is 3.04. The van der Waals surface area contributed by atoms with Crippen molar-refractivity contribution in [1.29, 1.82) is 0 Å². The SMILES string of the molecule is CN(C)S(=O)(=O)c1ccc(C2=CC=C[N]2)cc1. The summed E-state index contributed by atoms with van der Waals surface area (Å²) in [6.07, 6.45) is 5.44. The molecule has 89 valence electrons. The maximum Gasteiger partial charge on any atom is 0.242 e. The number of nitrogens with zero attached hydrogens (tertiary/aromatic N) is 2. The monoisotopic (exact) mass is 249 g/mol. The van der Waals surface area contributed by atoms with Gasteiger partial charge in [-0.1, -0.05) is 12.1 Å². The van der Waals surface area contributed by atoms with Crippen LogP contribution in [0.1, 0.15) is 5.56 Å². The van der Waals surface area contributed by atoms with Crippen LogP contribution in [-0.4, -0.2) is 26.8 Å². The summed E-state index contributed by atoms with van der Waals surface area (Å²) < 4.78 is 24.9. The highest BCUT2D eigenvalue weighted by Crippen LogP contribution is 2.20. The third-order valence-corrected chi connectivity index (χ3v) is 4.31. The Labute approximate surface area is 101 Å². The lowest BCUT2D eigenvalue weighted by Gasteiger charge is -2.11. The molecule has 0 saturated heterocycles. The van der Waals surface area contributed by atoms with E-state index in [-0.39, 0.29) is 4.90 Å². The standard InChI is InChI=1S/C12H13N2O2S/c1-14(2)17(15,16)11-7-5-10(6-8-11)12-4-3-9-13-12/h3-9H,1-2H3. The lowest BCUT2D eigenvalue weighted by Crippen LogP contribution is -2.22. The second kappa shape index (κ2) is 4.35. The predicted molar refractivity (Wildman–Crippen MR) is 66.6 cm³/mol. The molecule has 1 aliphatic heterocycles. The number of sulfonamides is 1. The van der Waals surface area contributed by atoms with E-state index in [2.05, 4.69) is 5.32 Å². The molecule has 0 unspecified atom stereocenters. The predicted octanol–water partition coefficient (Wildman–Crippen LogP) is 1.41. The van der Waals surface area contributed by atoms with Gasteiger partial charge < -0.3 is 0 Å². The molecule has 1 aliphatic rings. The first-order valence-electron chi connectivity index (χ1n) is 5.12. The van der Waals surface area contributed by atoms with Gasteiger partial charge in [-0.25, -0.2) is 12.7 Å². The van der Waals surface area contributed by atoms with E-state index in [0.29, 0.717) is 0 Å². The summed E-state index contributed by atoms with van der Waals surface area (Å²) in [5.74, 6) is 0. The summed E-state index contributed by atoms with van der Waals surface area (Å²) >= 11 is 0. The molecule has 0 bridgehead atoms. The first-order chi connectivity index (χ1) is 8.01. The van der Waals surface area contributed by atoms with Gasteiger partial charge in [-0.2, -0.15) is 0 Å². The first kappa shape index (κ1) is 11.9. The molecule has 1 aromatic carbocycles. The maximum atomic E-state index is 11.8. The van der Waals surface area contributed by atoms with Gasteiger partial charge in [0.15, 0.2) is 0 Å². The van der Waals surface area contributed by atoms with Crippen LogP contribution in [0.3, 0.4) is 0 Å². The van der Waals surface area contributed by atoms with E-state index in [1.807, 2.05) is 12.2 Å². The maximum absolute atomic E-state index is 11.8. The molecule has 0 saturated carbocycles. The molecule has 0 fully saturated rings. The number of benzene rings is 1. The quantitative estimate of drug-likeness (QED) is 0.813. The molecule has 0 amide bonds. The van der Waals surface area contributed by atoms with Crippen molar-refractivity contribution < 1.29 is 8.42 Å². The number of allylic oxidation sites excluding steroid dienone is 2. The summed E-state index contributed by atoms with van der Waals surface area (Å²) in [6, 6.07) is 6.72. The van der Waals surface area contributed by atoms with Crippen molar-refractivity contribution in [2.45, 2.75) is 4.90 Å². The molecule has 1 radical (unpaired) electrons. The van der Waals surface area contributed by atoms with Crippen molar-refractivity contribution in [3.63, 3.8) is 0 Å². The highest BCUT2D eigenvalue weighted by Gasteiger charge is 2.17. The largest absolute Gasteiger partial charge is 0.256 e. The number of rotatable bonds is 3. The Bertz CT molecular complexity index is 569. The minimum absolute atomic E-state index is 0.290. The topological polar surface area (TPSA) is 51.5 Å². The molecule has 2 rings (SSSR count). The minimum Gasteiger partial charge on any atom is -0.256 e. The van der Waals surface area contributed by atoms with Crippen molar-refractivity contribution in [2.24, 2.45) is 0 Å². The van der Waals surface area contributed by atoms with Crippen molar-refractivity contribution >= 4 is 15.7 Å². The molecular formula is C12H13N2O2S. The molecule has 0 aliphatic carbocycles. The van der Waals surface area contributed by atoms with Crippen LogP contribution in [0.2, 0.25) is 0 Å². The van der Waals surface area contributed by atoms with Crippen LogP contribution in [-0.2, 0) is 10.0 Å². The van der Waals surface area contributed by atoms with Gasteiger partial charge in [0.25, 0.3) is 0 Å². The third kappa shape index (κ3) is 2.25. The van der Waals surface area contributed by atoms with Gasteiger partial charge >= 0.3 is 0 Å². The van der Waals surface area contributed by atoms with Gasteiger partial charge in [0.1, 0.15) is 0 Å². The number of hydrogen-bond acceptors (Lipinski definition) is 2. The molecular weight excluding hydrogens is 236 g/mol. The first-order valence-corrected chi connectivity index (χ1v) is 6.56. The molecule has 5 heteroatoms. The van der Waals surface area contributed by atoms with E-state index in [4.69, 9.17) is 0 Å². The zero-order chi connectivity index (χ0) is 12.5. The second-order valence-corrected chi connectivity index (χ2v) is 5.99. The van der Waals surface area contributed by atoms with Crippen molar-refractivity contribution in [3.05, 3.63) is 48.2 Å². The summed E-state index contributed by atoms with van der Waals surface area (Å²) in [7, 11) is -0.318. The lowest BCUT2D eigenvalue weighted by molar-refractivity contribution is 0.521. The highest BCUT2D eigenvalue weighted by molar-refractivity contribution is 7.89. The van der Waals surface area contributed by atoms with Gasteiger partial charge in [-0.05, 0) is 24.3 Å². The molecule has 4 nitrogen and oxygen atoms in total. The number of hydrogen-bond donors (Lipinski definition) is 0. The highest BCUT2D eigenvalue weighted by atomic mass is 32.2. The van der Waals surface area contributed by atoms with Gasteiger partial charge in [-0.3, -0.25) is 5.32 Å².